The molecule has 1 amide bonds. The normalized spacial score (nSPS) is 22.4. The summed E-state index contributed by atoms with van der Waals surface area (Å²) in [4.78, 5) is 19.9. The maximum atomic E-state index is 12.6. The first-order valence-electron chi connectivity index (χ1n) is 12.6. The standard InChI is InChI=1S/C27H38N4O2.ClH/c1-6-7-22(32)31-14-11-27(12-15-31)24-23(20-9-8-18(2)16-21(20)33-27)29-25(30(24)5)19-10-13-28-26(3,4)17-19;/h8-9,16,19,28H,6-7,10-15,17H2,1-5H3;1H/t19-;/m1./s1. The predicted molar refractivity (Wildman–Crippen MR) is 138 cm³/mol. The lowest BCUT2D eigenvalue weighted by Gasteiger charge is -2.44. The van der Waals surface area contributed by atoms with E-state index in [2.05, 4.69) is 62.8 Å². The molecule has 0 aliphatic carbocycles. The number of fused-ring (bicyclic) bond motifs is 4. The van der Waals surface area contributed by atoms with Gasteiger partial charge >= 0.3 is 0 Å². The molecule has 5 rings (SSSR count). The minimum Gasteiger partial charge on any atom is -0.480 e. The van der Waals surface area contributed by atoms with Gasteiger partial charge in [-0.15, -0.1) is 12.4 Å². The van der Waals surface area contributed by atoms with Crippen LogP contribution in [0.1, 0.15) is 82.3 Å². The van der Waals surface area contributed by atoms with Gasteiger partial charge < -0.3 is 19.5 Å². The van der Waals surface area contributed by atoms with Crippen LogP contribution in [0, 0.1) is 6.92 Å². The van der Waals surface area contributed by atoms with Crippen LogP contribution >= 0.6 is 12.4 Å². The van der Waals surface area contributed by atoms with Crippen molar-refractivity contribution in [2.75, 3.05) is 19.6 Å². The van der Waals surface area contributed by atoms with Crippen molar-refractivity contribution in [3.8, 4) is 17.0 Å². The van der Waals surface area contributed by atoms with E-state index in [1.54, 1.807) is 0 Å². The molecule has 0 saturated carbocycles. The number of carbonyl (C=O) groups is 1. The highest BCUT2D eigenvalue weighted by Crippen LogP contribution is 2.50. The van der Waals surface area contributed by atoms with Crippen LogP contribution in [0.15, 0.2) is 18.2 Å². The van der Waals surface area contributed by atoms with Crippen LogP contribution in [-0.2, 0) is 17.4 Å². The third-order valence-corrected chi connectivity index (χ3v) is 7.86. The second kappa shape index (κ2) is 9.19. The Bertz CT molecular complexity index is 1070. The maximum Gasteiger partial charge on any atom is 0.222 e. The number of imidazole rings is 1. The van der Waals surface area contributed by atoms with Crippen molar-refractivity contribution in [1.29, 1.82) is 0 Å². The summed E-state index contributed by atoms with van der Waals surface area (Å²) in [6.07, 6.45) is 5.30. The summed E-state index contributed by atoms with van der Waals surface area (Å²) < 4.78 is 9.21. The average Bonchev–Trinajstić information content (AvgIpc) is 3.12. The average molecular weight is 487 g/mol. The minimum atomic E-state index is -0.429. The van der Waals surface area contributed by atoms with E-state index in [-0.39, 0.29) is 23.9 Å². The maximum absolute atomic E-state index is 12.6. The lowest BCUT2D eigenvalue weighted by Crippen LogP contribution is -2.50. The highest BCUT2D eigenvalue weighted by Gasteiger charge is 2.48. The van der Waals surface area contributed by atoms with E-state index in [0.717, 1.165) is 68.7 Å². The number of benzene rings is 1. The van der Waals surface area contributed by atoms with Crippen LogP contribution in [0.4, 0.5) is 0 Å². The van der Waals surface area contributed by atoms with E-state index in [1.165, 1.54) is 17.1 Å². The van der Waals surface area contributed by atoms with Gasteiger partial charge in [-0.25, -0.2) is 4.98 Å². The number of rotatable bonds is 3. The van der Waals surface area contributed by atoms with Crippen LogP contribution in [0.5, 0.6) is 5.75 Å². The van der Waals surface area contributed by atoms with Crippen LogP contribution in [0.25, 0.3) is 11.3 Å². The number of halogens is 1. The zero-order chi connectivity index (χ0) is 23.4. The van der Waals surface area contributed by atoms with Gasteiger partial charge in [-0.05, 0) is 64.3 Å². The number of carbonyl (C=O) groups excluding carboxylic acids is 1. The van der Waals surface area contributed by atoms with E-state index in [4.69, 9.17) is 9.72 Å². The Morgan fingerprint density at radius 2 is 2.00 bits per heavy atom. The van der Waals surface area contributed by atoms with Gasteiger partial charge in [0.15, 0.2) is 5.60 Å². The number of hydrogen-bond acceptors (Lipinski definition) is 4. The summed E-state index contributed by atoms with van der Waals surface area (Å²) in [7, 11) is 2.18. The lowest BCUT2D eigenvalue weighted by molar-refractivity contribution is -0.135. The summed E-state index contributed by atoms with van der Waals surface area (Å²) in [6, 6.07) is 6.47. The van der Waals surface area contributed by atoms with Crippen molar-refractivity contribution in [1.82, 2.24) is 19.8 Å². The molecule has 186 valence electrons. The van der Waals surface area contributed by atoms with Crippen LogP contribution in [-0.4, -0.2) is 45.5 Å². The Labute approximate surface area is 209 Å². The minimum absolute atomic E-state index is 0. The molecule has 1 spiro atoms. The molecule has 0 radical (unpaired) electrons. The summed E-state index contributed by atoms with van der Waals surface area (Å²) >= 11 is 0. The van der Waals surface area contributed by atoms with Gasteiger partial charge in [-0.3, -0.25) is 4.79 Å². The topological polar surface area (TPSA) is 59.4 Å². The highest BCUT2D eigenvalue weighted by molar-refractivity contribution is 5.85. The van der Waals surface area contributed by atoms with Gasteiger partial charge in [-0.2, -0.15) is 0 Å². The third kappa shape index (κ3) is 4.24. The lowest BCUT2D eigenvalue weighted by atomic mass is 9.82. The molecule has 7 heteroatoms. The summed E-state index contributed by atoms with van der Waals surface area (Å²) in [5, 5.41) is 3.64. The van der Waals surface area contributed by atoms with E-state index in [1.807, 2.05) is 4.90 Å². The highest BCUT2D eigenvalue weighted by atomic mass is 35.5. The fourth-order valence-corrected chi connectivity index (χ4v) is 6.18. The molecule has 2 aromatic rings. The Hall–Kier alpha value is -2.05. The van der Waals surface area contributed by atoms with Gasteiger partial charge in [0.1, 0.15) is 11.6 Å². The quantitative estimate of drug-likeness (QED) is 0.657. The van der Waals surface area contributed by atoms with Crippen molar-refractivity contribution in [3.63, 3.8) is 0 Å². The van der Waals surface area contributed by atoms with Crippen molar-refractivity contribution >= 4 is 18.3 Å². The molecular weight excluding hydrogens is 448 g/mol. The molecule has 2 fully saturated rings. The smallest absolute Gasteiger partial charge is 0.222 e. The van der Waals surface area contributed by atoms with Gasteiger partial charge in [0, 0.05) is 56.4 Å². The van der Waals surface area contributed by atoms with E-state index in [9.17, 15) is 4.79 Å². The van der Waals surface area contributed by atoms with Gasteiger partial charge in [0.05, 0.1) is 11.4 Å². The van der Waals surface area contributed by atoms with Crippen molar-refractivity contribution in [2.45, 2.75) is 83.3 Å². The van der Waals surface area contributed by atoms with Gasteiger partial charge in [0.25, 0.3) is 0 Å². The summed E-state index contributed by atoms with van der Waals surface area (Å²) in [5.74, 6) is 2.80. The molecule has 4 heterocycles. The number of ether oxygens (including phenoxy) is 1. The van der Waals surface area contributed by atoms with Gasteiger partial charge in [0.2, 0.25) is 5.91 Å². The molecule has 0 unspecified atom stereocenters. The van der Waals surface area contributed by atoms with E-state index in [0.29, 0.717) is 12.3 Å². The zero-order valence-electron chi connectivity index (χ0n) is 21.2. The SMILES string of the molecule is CCCC(=O)N1CCC2(CC1)Oc1cc(C)ccc1-c1nc([C@@H]3CCNC(C)(C)C3)n(C)c12.Cl. The summed E-state index contributed by atoms with van der Waals surface area (Å²) in [5.41, 5.74) is 4.26. The first-order chi connectivity index (χ1) is 15.7. The number of hydrogen-bond donors (Lipinski definition) is 1. The van der Waals surface area contributed by atoms with Gasteiger partial charge in [-0.1, -0.05) is 13.0 Å². The molecule has 1 N–H and O–H groups in total. The van der Waals surface area contributed by atoms with Crippen molar-refractivity contribution < 1.29 is 9.53 Å². The number of aryl methyl sites for hydroxylation is 1. The molecule has 3 aliphatic rings. The number of nitrogens with zero attached hydrogens (tertiary/aromatic N) is 3. The molecule has 0 bridgehead atoms. The van der Waals surface area contributed by atoms with Crippen LogP contribution in [0.3, 0.4) is 0 Å². The molecule has 1 atom stereocenters. The number of nitrogens with one attached hydrogen (secondary N) is 1. The fourth-order valence-electron chi connectivity index (χ4n) is 6.18. The van der Waals surface area contributed by atoms with E-state index < -0.39 is 5.60 Å². The van der Waals surface area contributed by atoms with Crippen LogP contribution < -0.4 is 10.1 Å². The van der Waals surface area contributed by atoms with Crippen LogP contribution in [0.2, 0.25) is 0 Å². The number of aromatic nitrogens is 2. The number of piperidine rings is 2. The molecule has 34 heavy (non-hydrogen) atoms. The summed E-state index contributed by atoms with van der Waals surface area (Å²) in [6.45, 7) is 11.2. The third-order valence-electron chi connectivity index (χ3n) is 7.86. The Morgan fingerprint density at radius 1 is 1.26 bits per heavy atom. The Balaban J connectivity index is 0.00000274. The fraction of sp³-hybridized carbons (Fsp3) is 0.630. The molecular formula is C27H39ClN4O2. The first kappa shape index (κ1) is 25.1. The first-order valence-corrected chi connectivity index (χ1v) is 12.6. The molecule has 1 aromatic heterocycles. The second-order valence-corrected chi connectivity index (χ2v) is 11.0. The van der Waals surface area contributed by atoms with E-state index >= 15 is 0 Å². The molecule has 3 aliphatic heterocycles. The zero-order valence-corrected chi connectivity index (χ0v) is 22.1. The largest absolute Gasteiger partial charge is 0.480 e. The Morgan fingerprint density at radius 3 is 2.68 bits per heavy atom. The van der Waals surface area contributed by atoms with Crippen molar-refractivity contribution in [2.24, 2.45) is 7.05 Å². The predicted octanol–water partition coefficient (Wildman–Crippen LogP) is 5.07. The Kier molecular flexibility index (Phi) is 6.78. The number of likely N-dealkylation sites (tertiary alicyclic amines) is 1. The molecule has 1 aromatic carbocycles. The molecule has 6 nitrogen and oxygen atoms in total. The number of amides is 1. The molecule has 2 saturated heterocycles. The monoisotopic (exact) mass is 486 g/mol. The van der Waals surface area contributed by atoms with Crippen molar-refractivity contribution in [3.05, 3.63) is 35.3 Å². The second-order valence-electron chi connectivity index (χ2n) is 11.0.